The Morgan fingerprint density at radius 3 is 1.95 bits per heavy atom. The number of nitrogens with zero attached hydrogens (tertiary/aromatic N) is 1. The molecule has 2 atom stereocenters. The van der Waals surface area contributed by atoms with E-state index in [-0.39, 0.29) is 24.4 Å². The highest BCUT2D eigenvalue weighted by Gasteiger charge is 2.40. The van der Waals surface area contributed by atoms with Crippen LogP contribution in [0.5, 0.6) is 23.0 Å². The van der Waals surface area contributed by atoms with E-state index >= 15 is 0 Å². The number of methoxy groups -OCH3 is 2. The molecule has 4 aromatic carbocycles. The van der Waals surface area contributed by atoms with Crippen molar-refractivity contribution in [3.63, 3.8) is 0 Å². The summed E-state index contributed by atoms with van der Waals surface area (Å²) in [5.74, 6) is 3.56. The zero-order valence-electron chi connectivity index (χ0n) is 25.1. The molecule has 43 heavy (non-hydrogen) atoms. The average Bonchev–Trinajstić information content (AvgIpc) is 3.32. The Hall–Kier alpha value is -4.19. The number of ether oxygens (including phenoxy) is 4. The van der Waals surface area contributed by atoms with Crippen molar-refractivity contribution < 1.29 is 18.9 Å². The normalized spacial score (nSPS) is 16.7. The van der Waals surface area contributed by atoms with Gasteiger partial charge in [0.25, 0.3) is 0 Å². The smallest absolute Gasteiger partial charge is 0.138 e. The van der Waals surface area contributed by atoms with Gasteiger partial charge in [0.2, 0.25) is 0 Å². The molecule has 0 aromatic heterocycles. The third-order valence-corrected chi connectivity index (χ3v) is 8.05. The van der Waals surface area contributed by atoms with Gasteiger partial charge in [-0.15, -0.1) is 12.4 Å². The lowest BCUT2D eigenvalue weighted by molar-refractivity contribution is 0.139. The molecule has 2 aliphatic heterocycles. The standard InChI is InChI=1S/C20H21N.C17H16O4.ClH/c1-21(2)15-7-12-20-18-10-5-3-8-16(18)13-14-17-9-4-6-11-19(17)20;1-18-10-4-6-13-15(7-10)20-9-14-12-5-3-11(19-2)8-16(12)21-17(13)14;/h3-6,8-14H,7,15H2,1-2H3;3-8,14,17H,9H2,1-2H3;1H. The lowest BCUT2D eigenvalue weighted by Gasteiger charge is -2.28. The molecule has 3 aliphatic rings. The highest BCUT2D eigenvalue weighted by molar-refractivity contribution is 5.93. The Balaban J connectivity index is 0.000000167. The summed E-state index contributed by atoms with van der Waals surface area (Å²) in [7, 11) is 7.56. The van der Waals surface area contributed by atoms with Crippen molar-refractivity contribution in [2.24, 2.45) is 0 Å². The van der Waals surface area contributed by atoms with E-state index in [1.807, 2.05) is 30.3 Å². The van der Waals surface area contributed by atoms with Crippen LogP contribution in [0.4, 0.5) is 0 Å². The Morgan fingerprint density at radius 1 is 0.767 bits per heavy atom. The van der Waals surface area contributed by atoms with Gasteiger partial charge in [-0.05, 0) is 66.5 Å². The molecule has 1 aliphatic carbocycles. The number of hydrogen-bond acceptors (Lipinski definition) is 5. The molecule has 0 amide bonds. The van der Waals surface area contributed by atoms with E-state index < -0.39 is 0 Å². The summed E-state index contributed by atoms with van der Waals surface area (Å²) >= 11 is 0. The van der Waals surface area contributed by atoms with Gasteiger partial charge in [0.1, 0.15) is 29.1 Å². The fraction of sp³-hybridized carbons (Fsp3) is 0.243. The maximum atomic E-state index is 6.15. The minimum absolute atomic E-state index is 0. The molecule has 0 saturated heterocycles. The van der Waals surface area contributed by atoms with Gasteiger partial charge < -0.3 is 23.8 Å². The lowest BCUT2D eigenvalue weighted by atomic mass is 9.89. The molecule has 0 radical (unpaired) electrons. The van der Waals surface area contributed by atoms with E-state index in [9.17, 15) is 0 Å². The second-order valence-corrected chi connectivity index (χ2v) is 11.0. The van der Waals surface area contributed by atoms with Gasteiger partial charge in [-0.1, -0.05) is 72.8 Å². The number of fused-ring (bicyclic) bond motifs is 7. The third-order valence-electron chi connectivity index (χ3n) is 8.05. The predicted octanol–water partition coefficient (Wildman–Crippen LogP) is 8.29. The zero-order chi connectivity index (χ0) is 29.1. The van der Waals surface area contributed by atoms with Crippen molar-refractivity contribution in [2.75, 3.05) is 41.5 Å². The molecule has 0 N–H and O–H groups in total. The average molecular weight is 596 g/mol. The van der Waals surface area contributed by atoms with Crippen LogP contribution in [0.15, 0.2) is 91.0 Å². The molecule has 0 fully saturated rings. The first-order chi connectivity index (χ1) is 20.6. The molecule has 0 saturated carbocycles. The highest BCUT2D eigenvalue weighted by Crippen LogP contribution is 2.52. The van der Waals surface area contributed by atoms with Gasteiger partial charge in [-0.25, -0.2) is 0 Å². The van der Waals surface area contributed by atoms with E-state index in [0.29, 0.717) is 6.61 Å². The maximum Gasteiger partial charge on any atom is 0.138 e. The maximum absolute atomic E-state index is 6.15. The molecule has 2 unspecified atom stereocenters. The minimum Gasteiger partial charge on any atom is -0.497 e. The largest absolute Gasteiger partial charge is 0.497 e. The molecule has 7 rings (SSSR count). The van der Waals surface area contributed by atoms with Gasteiger partial charge in [0.15, 0.2) is 0 Å². The van der Waals surface area contributed by atoms with Crippen LogP contribution >= 0.6 is 12.4 Å². The number of rotatable bonds is 5. The van der Waals surface area contributed by atoms with Crippen LogP contribution in [0, 0.1) is 0 Å². The molecule has 5 nitrogen and oxygen atoms in total. The van der Waals surface area contributed by atoms with E-state index in [0.717, 1.165) is 41.5 Å². The summed E-state index contributed by atoms with van der Waals surface area (Å²) in [4.78, 5) is 2.23. The predicted molar refractivity (Wildman–Crippen MR) is 177 cm³/mol. The first-order valence-corrected chi connectivity index (χ1v) is 14.4. The van der Waals surface area contributed by atoms with Crippen molar-refractivity contribution in [3.05, 3.63) is 124 Å². The molecular weight excluding hydrogens is 558 g/mol. The number of benzene rings is 4. The van der Waals surface area contributed by atoms with E-state index in [1.165, 1.54) is 33.4 Å². The zero-order valence-corrected chi connectivity index (χ0v) is 25.9. The van der Waals surface area contributed by atoms with Crippen LogP contribution < -0.4 is 18.9 Å². The Bertz CT molecular complexity index is 1590. The summed E-state index contributed by atoms with van der Waals surface area (Å²) in [6.07, 6.45) is 7.89. The Morgan fingerprint density at radius 2 is 1.35 bits per heavy atom. The Labute approximate surface area is 260 Å². The molecule has 0 spiro atoms. The van der Waals surface area contributed by atoms with Gasteiger partial charge in [-0.3, -0.25) is 0 Å². The van der Waals surface area contributed by atoms with E-state index in [2.05, 4.69) is 91.8 Å². The van der Waals surface area contributed by atoms with Gasteiger partial charge in [-0.2, -0.15) is 0 Å². The topological polar surface area (TPSA) is 40.2 Å². The molecular formula is C37H38ClNO4. The second-order valence-electron chi connectivity index (χ2n) is 11.0. The third kappa shape index (κ3) is 6.29. The monoisotopic (exact) mass is 595 g/mol. The molecule has 222 valence electrons. The van der Waals surface area contributed by atoms with Crippen LogP contribution in [0.3, 0.4) is 0 Å². The van der Waals surface area contributed by atoms with Gasteiger partial charge in [0, 0.05) is 29.8 Å². The van der Waals surface area contributed by atoms with Crippen molar-refractivity contribution in [2.45, 2.75) is 18.4 Å². The first kappa shape index (κ1) is 30.3. The summed E-state index contributed by atoms with van der Waals surface area (Å²) in [5.41, 5.74) is 8.86. The van der Waals surface area contributed by atoms with E-state index in [1.54, 1.807) is 14.2 Å². The highest BCUT2D eigenvalue weighted by atomic mass is 35.5. The minimum atomic E-state index is 0. The number of hydrogen-bond donors (Lipinski definition) is 0. The van der Waals surface area contributed by atoms with Crippen LogP contribution in [0.2, 0.25) is 0 Å². The first-order valence-electron chi connectivity index (χ1n) is 14.4. The van der Waals surface area contributed by atoms with Crippen LogP contribution in [-0.2, 0) is 0 Å². The fourth-order valence-corrected chi connectivity index (χ4v) is 5.86. The van der Waals surface area contributed by atoms with Crippen LogP contribution in [0.25, 0.3) is 17.7 Å². The van der Waals surface area contributed by atoms with E-state index in [4.69, 9.17) is 18.9 Å². The van der Waals surface area contributed by atoms with Crippen molar-refractivity contribution >= 4 is 30.1 Å². The summed E-state index contributed by atoms with van der Waals surface area (Å²) in [6.45, 7) is 1.69. The van der Waals surface area contributed by atoms with Gasteiger partial charge in [0.05, 0.1) is 26.7 Å². The quantitative estimate of drug-likeness (QED) is 0.204. The molecule has 0 bridgehead atoms. The summed E-state index contributed by atoms with van der Waals surface area (Å²) < 4.78 is 22.6. The van der Waals surface area contributed by atoms with Crippen molar-refractivity contribution in [3.8, 4) is 23.0 Å². The Kier molecular flexibility index (Phi) is 9.44. The lowest BCUT2D eigenvalue weighted by Crippen LogP contribution is -2.23. The second kappa shape index (κ2) is 13.4. The fourth-order valence-electron chi connectivity index (χ4n) is 5.86. The van der Waals surface area contributed by atoms with Gasteiger partial charge >= 0.3 is 0 Å². The van der Waals surface area contributed by atoms with Crippen molar-refractivity contribution in [1.82, 2.24) is 4.90 Å². The van der Waals surface area contributed by atoms with Crippen LogP contribution in [-0.4, -0.2) is 46.4 Å². The number of halogens is 1. The van der Waals surface area contributed by atoms with Crippen LogP contribution in [0.1, 0.15) is 51.8 Å². The molecule has 6 heteroatoms. The SMILES string of the molecule is CN(C)CCC=C1c2ccccc2C=Cc2ccccc21.COc1ccc2c(c1)OC1c3ccc(OC)cc3OCC21.Cl. The summed E-state index contributed by atoms with van der Waals surface area (Å²) in [5, 5.41) is 0. The van der Waals surface area contributed by atoms with Crippen molar-refractivity contribution in [1.29, 1.82) is 0 Å². The molecule has 4 aromatic rings. The summed E-state index contributed by atoms with van der Waals surface area (Å²) in [6, 6.07) is 29.2. The molecule has 2 heterocycles.